The third-order valence-corrected chi connectivity index (χ3v) is 5.30. The molecule has 2 saturated heterocycles. The molecule has 5 rings (SSSR count). The lowest BCUT2D eigenvalue weighted by molar-refractivity contribution is -0.126. The molecule has 0 aliphatic carbocycles. The van der Waals surface area contributed by atoms with Gasteiger partial charge in [0.25, 0.3) is 5.91 Å². The minimum atomic E-state index is -0.918. The molecule has 0 N–H and O–H groups in total. The molecule has 2 aliphatic rings. The molecule has 0 spiro atoms. The van der Waals surface area contributed by atoms with Crippen LogP contribution in [0.2, 0.25) is 5.02 Å². The summed E-state index contributed by atoms with van der Waals surface area (Å²) in [5.74, 6) is -0.846. The van der Waals surface area contributed by atoms with Crippen LogP contribution >= 0.6 is 11.6 Å². The van der Waals surface area contributed by atoms with Crippen LogP contribution in [0.1, 0.15) is 11.8 Å². The van der Waals surface area contributed by atoms with Crippen LogP contribution in [0, 0.1) is 5.92 Å². The van der Waals surface area contributed by atoms with E-state index in [1.165, 1.54) is 4.90 Å². The van der Waals surface area contributed by atoms with Gasteiger partial charge in [-0.05, 0) is 48.5 Å². The second-order valence-corrected chi connectivity index (χ2v) is 7.10. The molecule has 2 aromatic carbocycles. The number of carbonyl (C=O) groups excluding carboxylic acids is 2. The van der Waals surface area contributed by atoms with Gasteiger partial charge in [-0.2, -0.15) is 0 Å². The first-order valence-corrected chi connectivity index (χ1v) is 9.21. The van der Waals surface area contributed by atoms with Crippen LogP contribution in [-0.2, 0) is 14.4 Å². The minimum Gasteiger partial charge on any atom is -0.467 e. The molecule has 1 aromatic heterocycles. The van der Waals surface area contributed by atoms with Crippen molar-refractivity contribution in [2.24, 2.45) is 5.92 Å². The van der Waals surface area contributed by atoms with Crippen molar-refractivity contribution in [2.75, 3.05) is 9.96 Å². The number of imide groups is 1. The van der Waals surface area contributed by atoms with Crippen molar-refractivity contribution in [3.63, 3.8) is 0 Å². The number of para-hydroxylation sites is 1. The zero-order chi connectivity index (χ0) is 19.3. The Kier molecular flexibility index (Phi) is 3.96. The lowest BCUT2D eigenvalue weighted by Crippen LogP contribution is -2.37. The molecule has 0 radical (unpaired) electrons. The maximum Gasteiger partial charge on any atom is 0.266 e. The SMILES string of the molecule is O=C1[C@@H]2[C@@H](c3ccco3)N(c3ccc(Cl)cc3)O[C@H]2C(=O)N1c1ccccc1. The highest BCUT2D eigenvalue weighted by Gasteiger charge is 2.61. The molecule has 0 saturated carbocycles. The second-order valence-electron chi connectivity index (χ2n) is 6.66. The smallest absolute Gasteiger partial charge is 0.266 e. The number of halogens is 1. The Labute approximate surface area is 165 Å². The van der Waals surface area contributed by atoms with Gasteiger partial charge in [0, 0.05) is 5.02 Å². The summed E-state index contributed by atoms with van der Waals surface area (Å²) in [4.78, 5) is 33.5. The molecular weight excluding hydrogens is 380 g/mol. The van der Waals surface area contributed by atoms with Crippen molar-refractivity contribution in [1.82, 2.24) is 0 Å². The molecule has 140 valence electrons. The third-order valence-electron chi connectivity index (χ3n) is 5.05. The van der Waals surface area contributed by atoms with Crippen molar-refractivity contribution >= 4 is 34.8 Å². The van der Waals surface area contributed by atoms with Gasteiger partial charge >= 0.3 is 0 Å². The van der Waals surface area contributed by atoms with Crippen LogP contribution in [-0.4, -0.2) is 17.9 Å². The van der Waals surface area contributed by atoms with E-state index in [4.69, 9.17) is 20.9 Å². The molecular formula is C21H15ClN2O4. The van der Waals surface area contributed by atoms with E-state index in [1.54, 1.807) is 72.0 Å². The number of hydrogen-bond donors (Lipinski definition) is 0. The number of rotatable bonds is 3. The van der Waals surface area contributed by atoms with Crippen LogP contribution in [0.5, 0.6) is 0 Å². The Hall–Kier alpha value is -3.09. The van der Waals surface area contributed by atoms with E-state index in [2.05, 4.69) is 0 Å². The second kappa shape index (κ2) is 6.51. The van der Waals surface area contributed by atoms with E-state index < -0.39 is 18.1 Å². The van der Waals surface area contributed by atoms with Gasteiger partial charge in [-0.3, -0.25) is 14.4 Å². The molecule has 6 nitrogen and oxygen atoms in total. The number of nitrogens with zero attached hydrogens (tertiary/aromatic N) is 2. The average Bonchev–Trinajstić information content (AvgIpc) is 3.41. The fourth-order valence-corrected chi connectivity index (χ4v) is 3.93. The first-order valence-electron chi connectivity index (χ1n) is 8.83. The van der Waals surface area contributed by atoms with Gasteiger partial charge in [0.05, 0.1) is 17.6 Å². The van der Waals surface area contributed by atoms with Gasteiger partial charge in [-0.25, -0.2) is 9.96 Å². The molecule has 28 heavy (non-hydrogen) atoms. The number of hydrogen-bond acceptors (Lipinski definition) is 5. The summed E-state index contributed by atoms with van der Waals surface area (Å²) in [6.07, 6.45) is 0.623. The van der Waals surface area contributed by atoms with E-state index in [0.29, 0.717) is 22.2 Å². The van der Waals surface area contributed by atoms with Gasteiger partial charge in [0.15, 0.2) is 6.10 Å². The number of fused-ring (bicyclic) bond motifs is 1. The van der Waals surface area contributed by atoms with Crippen molar-refractivity contribution in [2.45, 2.75) is 12.1 Å². The number of furan rings is 1. The highest BCUT2D eigenvalue weighted by molar-refractivity contribution is 6.30. The predicted molar refractivity (Wildman–Crippen MR) is 103 cm³/mol. The summed E-state index contributed by atoms with van der Waals surface area (Å²) in [5.41, 5.74) is 1.22. The van der Waals surface area contributed by atoms with Gasteiger partial charge in [0.2, 0.25) is 5.91 Å². The number of carbonyl (C=O) groups is 2. The zero-order valence-electron chi connectivity index (χ0n) is 14.6. The van der Waals surface area contributed by atoms with E-state index in [-0.39, 0.29) is 11.8 Å². The number of amides is 2. The van der Waals surface area contributed by atoms with Gasteiger partial charge < -0.3 is 4.42 Å². The van der Waals surface area contributed by atoms with Crippen LogP contribution in [0.4, 0.5) is 11.4 Å². The summed E-state index contributed by atoms with van der Waals surface area (Å²) in [6, 6.07) is 18.9. The van der Waals surface area contributed by atoms with Crippen LogP contribution < -0.4 is 9.96 Å². The van der Waals surface area contributed by atoms with Gasteiger partial charge in [0.1, 0.15) is 17.7 Å². The fraction of sp³-hybridized carbons (Fsp3) is 0.143. The summed E-state index contributed by atoms with van der Waals surface area (Å²) in [7, 11) is 0. The van der Waals surface area contributed by atoms with E-state index in [0.717, 1.165) is 0 Å². The van der Waals surface area contributed by atoms with Crippen molar-refractivity contribution in [3.05, 3.63) is 83.8 Å². The topological polar surface area (TPSA) is 63.0 Å². The molecule has 2 fully saturated rings. The van der Waals surface area contributed by atoms with E-state index in [1.807, 2.05) is 6.07 Å². The molecule has 7 heteroatoms. The van der Waals surface area contributed by atoms with Gasteiger partial charge in [-0.1, -0.05) is 29.8 Å². The van der Waals surface area contributed by atoms with Crippen LogP contribution in [0.3, 0.4) is 0 Å². The normalized spacial score (nSPS) is 24.1. The Balaban J connectivity index is 1.57. The van der Waals surface area contributed by atoms with Gasteiger partial charge in [-0.15, -0.1) is 0 Å². The number of benzene rings is 2. The molecule has 0 bridgehead atoms. The zero-order valence-corrected chi connectivity index (χ0v) is 15.3. The number of anilines is 2. The first kappa shape index (κ1) is 17.0. The number of hydroxylamine groups is 1. The monoisotopic (exact) mass is 394 g/mol. The molecule has 3 aromatic rings. The molecule has 2 aliphatic heterocycles. The first-order chi connectivity index (χ1) is 13.6. The van der Waals surface area contributed by atoms with Crippen molar-refractivity contribution < 1.29 is 18.8 Å². The van der Waals surface area contributed by atoms with Crippen molar-refractivity contribution in [3.8, 4) is 0 Å². The summed E-state index contributed by atoms with van der Waals surface area (Å²) in [6.45, 7) is 0. The maximum absolute atomic E-state index is 13.3. The highest BCUT2D eigenvalue weighted by Crippen LogP contribution is 2.47. The summed E-state index contributed by atoms with van der Waals surface area (Å²) < 4.78 is 5.60. The molecule has 3 heterocycles. The molecule has 2 amide bonds. The lowest BCUT2D eigenvalue weighted by atomic mass is 9.94. The molecule has 3 atom stereocenters. The fourth-order valence-electron chi connectivity index (χ4n) is 3.81. The van der Waals surface area contributed by atoms with E-state index in [9.17, 15) is 9.59 Å². The quantitative estimate of drug-likeness (QED) is 0.629. The largest absolute Gasteiger partial charge is 0.467 e. The van der Waals surface area contributed by atoms with E-state index >= 15 is 0 Å². The highest BCUT2D eigenvalue weighted by atomic mass is 35.5. The minimum absolute atomic E-state index is 0.306. The Morgan fingerprint density at radius 3 is 2.25 bits per heavy atom. The Bertz CT molecular complexity index is 1020. The standard InChI is InChI=1S/C21H15ClN2O4/c22-13-8-10-15(11-9-13)24-18(16-7-4-12-27-16)17-19(28-24)21(26)23(20(17)25)14-5-2-1-3-6-14/h1-12,17-19H/t17-,18-,19-/m1/s1. The summed E-state index contributed by atoms with van der Waals surface area (Å²) in [5, 5.41) is 2.16. The average molecular weight is 395 g/mol. The maximum atomic E-state index is 13.3. The van der Waals surface area contributed by atoms with Crippen molar-refractivity contribution in [1.29, 1.82) is 0 Å². The molecule has 0 unspecified atom stereocenters. The predicted octanol–water partition coefficient (Wildman–Crippen LogP) is 3.98. The summed E-state index contributed by atoms with van der Waals surface area (Å²) >= 11 is 5.99. The third kappa shape index (κ3) is 2.53. The van der Waals surface area contributed by atoms with Crippen LogP contribution in [0.15, 0.2) is 77.4 Å². The lowest BCUT2D eigenvalue weighted by Gasteiger charge is -2.27. The Morgan fingerprint density at radius 1 is 0.821 bits per heavy atom. The van der Waals surface area contributed by atoms with Crippen LogP contribution in [0.25, 0.3) is 0 Å². The Morgan fingerprint density at radius 2 is 1.57 bits per heavy atom.